The van der Waals surface area contributed by atoms with Crippen molar-refractivity contribution in [2.24, 2.45) is 0 Å². The molecule has 1 fully saturated rings. The Labute approximate surface area is 92.6 Å². The van der Waals surface area contributed by atoms with Crippen LogP contribution in [0.2, 0.25) is 0 Å². The molecule has 1 aliphatic heterocycles. The topological polar surface area (TPSA) is 44.7 Å². The molecule has 0 aromatic carbocycles. The Morgan fingerprint density at radius 1 is 1.60 bits per heavy atom. The summed E-state index contributed by atoms with van der Waals surface area (Å²) in [5, 5.41) is 12.7. The van der Waals surface area contributed by atoms with Gasteiger partial charge in [0.15, 0.2) is 0 Å². The SMILES string of the molecule is CCOC1CCCN(CC(O)CNC)C1. The molecule has 4 heteroatoms. The number of aliphatic hydroxyl groups excluding tert-OH is 1. The molecule has 0 aromatic rings. The van der Waals surface area contributed by atoms with Gasteiger partial charge in [0.1, 0.15) is 0 Å². The van der Waals surface area contributed by atoms with E-state index in [1.54, 1.807) is 0 Å². The number of rotatable bonds is 6. The minimum Gasteiger partial charge on any atom is -0.390 e. The average molecular weight is 216 g/mol. The van der Waals surface area contributed by atoms with Crippen molar-refractivity contribution in [3.05, 3.63) is 0 Å². The van der Waals surface area contributed by atoms with E-state index >= 15 is 0 Å². The van der Waals surface area contributed by atoms with Crippen LogP contribution in [0.15, 0.2) is 0 Å². The molecule has 1 heterocycles. The zero-order valence-electron chi connectivity index (χ0n) is 9.91. The summed E-state index contributed by atoms with van der Waals surface area (Å²) in [7, 11) is 1.86. The number of nitrogens with zero attached hydrogens (tertiary/aromatic N) is 1. The number of nitrogens with one attached hydrogen (secondary N) is 1. The van der Waals surface area contributed by atoms with Crippen molar-refractivity contribution in [3.8, 4) is 0 Å². The number of β-amino-alcohol motifs (C(OH)–C–C–N with tert-alkyl or cyclic N) is 1. The molecule has 2 atom stereocenters. The Morgan fingerprint density at radius 3 is 3.07 bits per heavy atom. The summed E-state index contributed by atoms with van der Waals surface area (Å²) in [4.78, 5) is 2.30. The quantitative estimate of drug-likeness (QED) is 0.659. The normalized spacial score (nSPS) is 25.4. The molecule has 4 nitrogen and oxygen atoms in total. The summed E-state index contributed by atoms with van der Waals surface area (Å²) >= 11 is 0. The maximum absolute atomic E-state index is 9.67. The second-order valence-corrected chi connectivity index (χ2v) is 4.19. The molecule has 0 radical (unpaired) electrons. The highest BCUT2D eigenvalue weighted by Crippen LogP contribution is 2.13. The molecular formula is C11H24N2O2. The maximum Gasteiger partial charge on any atom is 0.0791 e. The summed E-state index contributed by atoms with van der Waals surface area (Å²) in [6.07, 6.45) is 2.43. The van der Waals surface area contributed by atoms with Crippen LogP contribution >= 0.6 is 0 Å². The van der Waals surface area contributed by atoms with E-state index in [0.29, 0.717) is 12.6 Å². The maximum atomic E-state index is 9.67. The molecule has 0 spiro atoms. The molecule has 0 aliphatic carbocycles. The van der Waals surface area contributed by atoms with E-state index in [-0.39, 0.29) is 6.10 Å². The van der Waals surface area contributed by atoms with E-state index in [9.17, 15) is 5.11 Å². The van der Waals surface area contributed by atoms with Crippen LogP contribution < -0.4 is 5.32 Å². The minimum absolute atomic E-state index is 0.268. The third kappa shape index (κ3) is 4.93. The molecule has 2 N–H and O–H groups in total. The van der Waals surface area contributed by atoms with Gasteiger partial charge in [0.05, 0.1) is 12.2 Å². The number of likely N-dealkylation sites (N-methyl/N-ethyl adjacent to an activating group) is 1. The number of hydrogen-bond acceptors (Lipinski definition) is 4. The van der Waals surface area contributed by atoms with Crippen LogP contribution in [0.5, 0.6) is 0 Å². The van der Waals surface area contributed by atoms with Crippen LogP contribution in [0.3, 0.4) is 0 Å². The highest BCUT2D eigenvalue weighted by Gasteiger charge is 2.21. The van der Waals surface area contributed by atoms with Gasteiger partial charge >= 0.3 is 0 Å². The van der Waals surface area contributed by atoms with Gasteiger partial charge in [0, 0.05) is 26.2 Å². The molecule has 1 rings (SSSR count). The van der Waals surface area contributed by atoms with Crippen LogP contribution in [-0.4, -0.2) is 62.0 Å². The highest BCUT2D eigenvalue weighted by atomic mass is 16.5. The molecule has 0 aromatic heterocycles. The van der Waals surface area contributed by atoms with Gasteiger partial charge in [0.25, 0.3) is 0 Å². The van der Waals surface area contributed by atoms with E-state index in [1.807, 2.05) is 14.0 Å². The van der Waals surface area contributed by atoms with E-state index in [0.717, 1.165) is 32.7 Å². The Balaban J connectivity index is 2.23. The molecule has 1 saturated heterocycles. The van der Waals surface area contributed by atoms with Crippen molar-refractivity contribution in [2.75, 3.05) is 39.8 Å². The van der Waals surface area contributed by atoms with Gasteiger partial charge in [-0.15, -0.1) is 0 Å². The third-order valence-electron chi connectivity index (χ3n) is 2.77. The number of aliphatic hydroxyl groups is 1. The van der Waals surface area contributed by atoms with Gasteiger partial charge in [-0.2, -0.15) is 0 Å². The molecule has 0 amide bonds. The van der Waals surface area contributed by atoms with Crippen molar-refractivity contribution in [1.82, 2.24) is 10.2 Å². The van der Waals surface area contributed by atoms with Crippen LogP contribution in [0.4, 0.5) is 0 Å². The van der Waals surface area contributed by atoms with Crippen LogP contribution in [-0.2, 0) is 4.74 Å². The van der Waals surface area contributed by atoms with E-state index in [1.165, 1.54) is 6.42 Å². The van der Waals surface area contributed by atoms with Gasteiger partial charge in [-0.05, 0) is 33.4 Å². The Kier molecular flexibility index (Phi) is 6.17. The lowest BCUT2D eigenvalue weighted by Crippen LogP contribution is -2.45. The van der Waals surface area contributed by atoms with Gasteiger partial charge in [0.2, 0.25) is 0 Å². The van der Waals surface area contributed by atoms with Crippen molar-refractivity contribution < 1.29 is 9.84 Å². The standard InChI is InChI=1S/C11H24N2O2/c1-3-15-11-5-4-6-13(9-11)8-10(14)7-12-2/h10-12,14H,3-9H2,1-2H3. The molecular weight excluding hydrogens is 192 g/mol. The summed E-state index contributed by atoms with van der Waals surface area (Å²) in [5.41, 5.74) is 0. The minimum atomic E-state index is -0.268. The monoisotopic (exact) mass is 216 g/mol. The van der Waals surface area contributed by atoms with E-state index in [4.69, 9.17) is 4.74 Å². The van der Waals surface area contributed by atoms with Gasteiger partial charge < -0.3 is 15.2 Å². The summed E-state index contributed by atoms with van der Waals surface area (Å²) in [6, 6.07) is 0. The Hall–Kier alpha value is -0.160. The fourth-order valence-corrected chi connectivity index (χ4v) is 2.15. The first-order chi connectivity index (χ1) is 7.26. The highest BCUT2D eigenvalue weighted by molar-refractivity contribution is 4.75. The predicted molar refractivity (Wildman–Crippen MR) is 61.0 cm³/mol. The van der Waals surface area contributed by atoms with Gasteiger partial charge in [-0.3, -0.25) is 4.90 Å². The van der Waals surface area contributed by atoms with Crippen LogP contribution in [0.25, 0.3) is 0 Å². The molecule has 15 heavy (non-hydrogen) atoms. The first-order valence-electron chi connectivity index (χ1n) is 5.92. The zero-order chi connectivity index (χ0) is 11.1. The first kappa shape index (κ1) is 12.9. The summed E-state index contributed by atoms with van der Waals surface area (Å²) in [6.45, 7) is 6.30. The smallest absolute Gasteiger partial charge is 0.0791 e. The molecule has 2 unspecified atom stereocenters. The predicted octanol–water partition coefficient (Wildman–Crippen LogP) is 0.0676. The van der Waals surface area contributed by atoms with Crippen molar-refractivity contribution in [2.45, 2.75) is 32.0 Å². The molecule has 0 saturated carbocycles. The number of piperidine rings is 1. The largest absolute Gasteiger partial charge is 0.390 e. The number of hydrogen-bond donors (Lipinski definition) is 2. The second kappa shape index (κ2) is 7.17. The average Bonchev–Trinajstić information content (AvgIpc) is 2.19. The Bertz CT molecular complexity index is 163. The fraction of sp³-hybridized carbons (Fsp3) is 1.00. The molecule has 0 bridgehead atoms. The molecule has 90 valence electrons. The van der Waals surface area contributed by atoms with E-state index in [2.05, 4.69) is 10.2 Å². The van der Waals surface area contributed by atoms with E-state index < -0.39 is 0 Å². The molecule has 1 aliphatic rings. The number of ether oxygens (including phenoxy) is 1. The summed E-state index contributed by atoms with van der Waals surface area (Å²) in [5.74, 6) is 0. The fourth-order valence-electron chi connectivity index (χ4n) is 2.15. The van der Waals surface area contributed by atoms with Crippen molar-refractivity contribution >= 4 is 0 Å². The van der Waals surface area contributed by atoms with Crippen LogP contribution in [0, 0.1) is 0 Å². The summed E-state index contributed by atoms with van der Waals surface area (Å²) < 4.78 is 5.62. The first-order valence-corrected chi connectivity index (χ1v) is 5.92. The van der Waals surface area contributed by atoms with Gasteiger partial charge in [-0.1, -0.05) is 0 Å². The van der Waals surface area contributed by atoms with Gasteiger partial charge in [-0.25, -0.2) is 0 Å². The van der Waals surface area contributed by atoms with Crippen molar-refractivity contribution in [3.63, 3.8) is 0 Å². The second-order valence-electron chi connectivity index (χ2n) is 4.19. The lowest BCUT2D eigenvalue weighted by molar-refractivity contribution is -0.00639. The third-order valence-corrected chi connectivity index (χ3v) is 2.77. The van der Waals surface area contributed by atoms with Crippen molar-refractivity contribution in [1.29, 1.82) is 0 Å². The number of likely N-dealkylation sites (tertiary alicyclic amines) is 1. The lowest BCUT2D eigenvalue weighted by Gasteiger charge is -2.33. The van der Waals surface area contributed by atoms with Crippen LogP contribution in [0.1, 0.15) is 19.8 Å². The Morgan fingerprint density at radius 2 is 2.40 bits per heavy atom. The lowest BCUT2D eigenvalue weighted by atomic mass is 10.1. The zero-order valence-corrected chi connectivity index (χ0v) is 9.91.